The Balaban J connectivity index is 1.46. The third-order valence-electron chi connectivity index (χ3n) is 4.85. The van der Waals surface area contributed by atoms with Crippen molar-refractivity contribution in [2.45, 2.75) is 25.9 Å². The highest BCUT2D eigenvalue weighted by atomic mass is 16.5. The standard InChI is InChI=1S/C21H26N2O2/c1-25-20-10-6-5-9-19(20)16-23-13-11-18(12-14-23)21(24)22-15-17-7-3-2-4-8-17/h2-10,18H,11-16H2,1H3,(H,22,24). The SMILES string of the molecule is COc1ccccc1CN1CCC(C(=O)NCc2ccccc2)CC1. The van der Waals surface area contributed by atoms with Gasteiger partial charge in [0.15, 0.2) is 0 Å². The molecule has 132 valence electrons. The predicted octanol–water partition coefficient (Wildman–Crippen LogP) is 3.22. The van der Waals surface area contributed by atoms with Gasteiger partial charge in [0.25, 0.3) is 0 Å². The van der Waals surface area contributed by atoms with E-state index in [-0.39, 0.29) is 11.8 Å². The number of benzene rings is 2. The number of likely N-dealkylation sites (tertiary alicyclic amines) is 1. The number of hydrogen-bond acceptors (Lipinski definition) is 3. The quantitative estimate of drug-likeness (QED) is 0.879. The summed E-state index contributed by atoms with van der Waals surface area (Å²) in [5.41, 5.74) is 2.35. The number of para-hydroxylation sites is 1. The van der Waals surface area contributed by atoms with Gasteiger partial charge in [-0.25, -0.2) is 0 Å². The summed E-state index contributed by atoms with van der Waals surface area (Å²) in [5.74, 6) is 1.24. The van der Waals surface area contributed by atoms with Crippen LogP contribution in [0.1, 0.15) is 24.0 Å². The van der Waals surface area contributed by atoms with Gasteiger partial charge < -0.3 is 10.1 Å². The van der Waals surface area contributed by atoms with E-state index in [1.807, 2.05) is 48.5 Å². The molecule has 0 spiro atoms. The Labute approximate surface area is 149 Å². The number of hydrogen-bond donors (Lipinski definition) is 1. The van der Waals surface area contributed by atoms with E-state index in [1.54, 1.807) is 7.11 Å². The highest BCUT2D eigenvalue weighted by molar-refractivity contribution is 5.78. The number of piperidine rings is 1. The average Bonchev–Trinajstić information content (AvgIpc) is 2.68. The average molecular weight is 338 g/mol. The maximum absolute atomic E-state index is 12.4. The van der Waals surface area contributed by atoms with Gasteiger partial charge in [-0.05, 0) is 37.6 Å². The molecular formula is C21H26N2O2. The van der Waals surface area contributed by atoms with Crippen LogP contribution < -0.4 is 10.1 Å². The van der Waals surface area contributed by atoms with Crippen molar-refractivity contribution in [1.29, 1.82) is 0 Å². The van der Waals surface area contributed by atoms with Crippen LogP contribution in [-0.4, -0.2) is 31.0 Å². The van der Waals surface area contributed by atoms with Crippen molar-refractivity contribution in [3.8, 4) is 5.75 Å². The minimum atomic E-state index is 0.123. The van der Waals surface area contributed by atoms with Gasteiger partial charge in [-0.15, -0.1) is 0 Å². The van der Waals surface area contributed by atoms with E-state index in [2.05, 4.69) is 16.3 Å². The van der Waals surface area contributed by atoms with Crippen LogP contribution in [0.5, 0.6) is 5.75 Å². The highest BCUT2D eigenvalue weighted by Gasteiger charge is 2.25. The number of ether oxygens (including phenoxy) is 1. The van der Waals surface area contributed by atoms with Crippen LogP contribution in [0.3, 0.4) is 0 Å². The minimum Gasteiger partial charge on any atom is -0.496 e. The van der Waals surface area contributed by atoms with Crippen LogP contribution >= 0.6 is 0 Å². The fourth-order valence-electron chi connectivity index (χ4n) is 3.36. The van der Waals surface area contributed by atoms with Gasteiger partial charge in [-0.3, -0.25) is 9.69 Å². The van der Waals surface area contributed by atoms with E-state index >= 15 is 0 Å². The Kier molecular flexibility index (Phi) is 6.07. The zero-order chi connectivity index (χ0) is 17.5. The fourth-order valence-corrected chi connectivity index (χ4v) is 3.36. The lowest BCUT2D eigenvalue weighted by Gasteiger charge is -2.31. The molecule has 1 aliphatic heterocycles. The topological polar surface area (TPSA) is 41.6 Å². The van der Waals surface area contributed by atoms with Crippen LogP contribution in [0.2, 0.25) is 0 Å². The summed E-state index contributed by atoms with van der Waals surface area (Å²) < 4.78 is 5.43. The van der Waals surface area contributed by atoms with Gasteiger partial charge in [0.05, 0.1) is 7.11 Å². The van der Waals surface area contributed by atoms with Crippen molar-refractivity contribution in [3.63, 3.8) is 0 Å². The molecule has 25 heavy (non-hydrogen) atoms. The lowest BCUT2D eigenvalue weighted by Crippen LogP contribution is -2.40. The first-order valence-electron chi connectivity index (χ1n) is 8.92. The van der Waals surface area contributed by atoms with Crippen molar-refractivity contribution in [1.82, 2.24) is 10.2 Å². The molecule has 2 aromatic carbocycles. The molecule has 0 unspecified atom stereocenters. The molecule has 0 radical (unpaired) electrons. The van der Waals surface area contributed by atoms with E-state index in [1.165, 1.54) is 5.56 Å². The second-order valence-electron chi connectivity index (χ2n) is 6.57. The number of carbonyl (C=O) groups excluding carboxylic acids is 1. The molecule has 1 heterocycles. The first kappa shape index (κ1) is 17.5. The lowest BCUT2D eigenvalue weighted by atomic mass is 9.95. The Bertz CT molecular complexity index is 679. The van der Waals surface area contributed by atoms with Crippen LogP contribution in [0, 0.1) is 5.92 Å². The summed E-state index contributed by atoms with van der Waals surface area (Å²) >= 11 is 0. The van der Waals surface area contributed by atoms with Crippen LogP contribution in [0.4, 0.5) is 0 Å². The van der Waals surface area contributed by atoms with Gasteiger partial charge in [0.1, 0.15) is 5.75 Å². The van der Waals surface area contributed by atoms with E-state index in [9.17, 15) is 4.79 Å². The summed E-state index contributed by atoms with van der Waals surface area (Å²) in [6.07, 6.45) is 1.82. The van der Waals surface area contributed by atoms with Crippen LogP contribution in [0.15, 0.2) is 54.6 Å². The molecule has 4 nitrogen and oxygen atoms in total. The third-order valence-corrected chi connectivity index (χ3v) is 4.85. The van der Waals surface area contributed by atoms with Gasteiger partial charge in [0, 0.05) is 24.6 Å². The number of carbonyl (C=O) groups is 1. The van der Waals surface area contributed by atoms with Crippen molar-refractivity contribution in [3.05, 3.63) is 65.7 Å². The summed E-state index contributed by atoms with van der Waals surface area (Å²) in [7, 11) is 1.71. The lowest BCUT2D eigenvalue weighted by molar-refractivity contribution is -0.126. The van der Waals surface area contributed by atoms with Crippen LogP contribution in [0.25, 0.3) is 0 Å². The number of nitrogens with one attached hydrogen (secondary N) is 1. The second kappa shape index (κ2) is 8.67. The summed E-state index contributed by atoms with van der Waals surface area (Å²) in [6, 6.07) is 18.2. The van der Waals surface area contributed by atoms with E-state index in [4.69, 9.17) is 4.74 Å². The molecule has 0 bridgehead atoms. The Hall–Kier alpha value is -2.33. The fraction of sp³-hybridized carbons (Fsp3) is 0.381. The molecule has 0 aliphatic carbocycles. The maximum atomic E-state index is 12.4. The zero-order valence-corrected chi connectivity index (χ0v) is 14.8. The number of methoxy groups -OCH3 is 1. The first-order chi connectivity index (χ1) is 12.3. The highest BCUT2D eigenvalue weighted by Crippen LogP contribution is 2.23. The predicted molar refractivity (Wildman–Crippen MR) is 99.3 cm³/mol. The summed E-state index contributed by atoms with van der Waals surface area (Å²) in [5, 5.41) is 3.07. The van der Waals surface area contributed by atoms with Gasteiger partial charge in [0.2, 0.25) is 5.91 Å². The Morgan fingerprint density at radius 1 is 1.08 bits per heavy atom. The summed E-state index contributed by atoms with van der Waals surface area (Å²) in [6.45, 7) is 3.38. The first-order valence-corrected chi connectivity index (χ1v) is 8.92. The van der Waals surface area contributed by atoms with E-state index < -0.39 is 0 Å². The van der Waals surface area contributed by atoms with Gasteiger partial charge in [-0.2, -0.15) is 0 Å². The largest absolute Gasteiger partial charge is 0.496 e. The molecule has 1 saturated heterocycles. The molecule has 1 N–H and O–H groups in total. The molecular weight excluding hydrogens is 312 g/mol. The van der Waals surface area contributed by atoms with Crippen LogP contribution in [-0.2, 0) is 17.9 Å². The number of amides is 1. The summed E-state index contributed by atoms with van der Waals surface area (Å²) in [4.78, 5) is 14.8. The van der Waals surface area contributed by atoms with Crippen molar-refractivity contribution >= 4 is 5.91 Å². The second-order valence-corrected chi connectivity index (χ2v) is 6.57. The molecule has 0 saturated carbocycles. The third kappa shape index (κ3) is 4.83. The molecule has 1 fully saturated rings. The van der Waals surface area contributed by atoms with Gasteiger partial charge in [-0.1, -0.05) is 48.5 Å². The monoisotopic (exact) mass is 338 g/mol. The maximum Gasteiger partial charge on any atom is 0.223 e. The van der Waals surface area contributed by atoms with Crippen molar-refractivity contribution in [2.75, 3.05) is 20.2 Å². The van der Waals surface area contributed by atoms with Gasteiger partial charge >= 0.3 is 0 Å². The molecule has 1 aliphatic rings. The van der Waals surface area contributed by atoms with Crippen molar-refractivity contribution in [2.24, 2.45) is 5.92 Å². The molecule has 0 atom stereocenters. The number of rotatable bonds is 6. The van der Waals surface area contributed by atoms with Crippen molar-refractivity contribution < 1.29 is 9.53 Å². The smallest absolute Gasteiger partial charge is 0.223 e. The molecule has 0 aromatic heterocycles. The molecule has 3 rings (SSSR count). The van der Waals surface area contributed by atoms with E-state index in [0.29, 0.717) is 6.54 Å². The van der Waals surface area contributed by atoms with E-state index in [0.717, 1.165) is 43.8 Å². The minimum absolute atomic E-state index is 0.123. The Morgan fingerprint density at radius 3 is 2.48 bits per heavy atom. The number of nitrogens with zero attached hydrogens (tertiary/aromatic N) is 1. The molecule has 1 amide bonds. The zero-order valence-electron chi connectivity index (χ0n) is 14.8. The molecule has 2 aromatic rings. The normalized spacial score (nSPS) is 15.7. The Morgan fingerprint density at radius 2 is 1.76 bits per heavy atom. The molecule has 4 heteroatoms.